The number of rotatable bonds is 5. The van der Waals surface area contributed by atoms with Crippen molar-refractivity contribution in [2.75, 3.05) is 0 Å². The molecule has 8 heteroatoms. The Morgan fingerprint density at radius 3 is 2.54 bits per heavy atom. The van der Waals surface area contributed by atoms with Gasteiger partial charge in [-0.15, -0.1) is 0 Å². The molecule has 28 heavy (non-hydrogen) atoms. The fourth-order valence-electron chi connectivity index (χ4n) is 2.83. The zero-order chi connectivity index (χ0) is 19.7. The molecular formula is C20H17ClN4O3. The van der Waals surface area contributed by atoms with E-state index >= 15 is 0 Å². The highest BCUT2D eigenvalue weighted by molar-refractivity contribution is 6.30. The van der Waals surface area contributed by atoms with E-state index in [1.807, 2.05) is 0 Å². The molecule has 1 amide bonds. The van der Waals surface area contributed by atoms with Gasteiger partial charge in [0.1, 0.15) is 0 Å². The lowest BCUT2D eigenvalue weighted by Gasteiger charge is -2.12. The molecule has 0 spiro atoms. The van der Waals surface area contributed by atoms with Crippen LogP contribution in [0.1, 0.15) is 28.9 Å². The van der Waals surface area contributed by atoms with Crippen LogP contribution in [0.15, 0.2) is 64.2 Å². The number of hydrogen-bond acceptors (Lipinski definition) is 4. The molecular weight excluding hydrogens is 380 g/mol. The number of nitrogens with zero attached hydrogens (tertiary/aromatic N) is 3. The van der Waals surface area contributed by atoms with Gasteiger partial charge < -0.3 is 5.32 Å². The Morgan fingerprint density at radius 1 is 1.11 bits per heavy atom. The minimum atomic E-state index is -0.727. The first-order valence-corrected chi connectivity index (χ1v) is 9.25. The van der Waals surface area contributed by atoms with Crippen LogP contribution in [0, 0.1) is 0 Å². The zero-order valence-corrected chi connectivity index (χ0v) is 15.6. The third-order valence-electron chi connectivity index (χ3n) is 4.42. The highest BCUT2D eigenvalue weighted by atomic mass is 35.5. The number of carbonyl (C=O) groups is 1. The first kappa shape index (κ1) is 18.2. The van der Waals surface area contributed by atoms with Crippen LogP contribution in [-0.2, 0) is 6.54 Å². The van der Waals surface area contributed by atoms with E-state index in [0.29, 0.717) is 16.3 Å². The van der Waals surface area contributed by atoms with Crippen LogP contribution in [0.4, 0.5) is 0 Å². The van der Waals surface area contributed by atoms with Crippen molar-refractivity contribution in [3.05, 3.63) is 91.7 Å². The lowest BCUT2D eigenvalue weighted by molar-refractivity contribution is 0.0941. The Hall–Kier alpha value is -3.19. The molecule has 1 N–H and O–H groups in total. The van der Waals surface area contributed by atoms with Gasteiger partial charge in [0.2, 0.25) is 5.69 Å². The van der Waals surface area contributed by atoms with Gasteiger partial charge in [-0.1, -0.05) is 41.9 Å². The van der Waals surface area contributed by atoms with Crippen LogP contribution in [0.5, 0.6) is 0 Å². The molecule has 1 aliphatic carbocycles. The van der Waals surface area contributed by atoms with Crippen LogP contribution in [0.25, 0.3) is 5.69 Å². The summed E-state index contributed by atoms with van der Waals surface area (Å²) in [7, 11) is 0. The molecule has 7 nitrogen and oxygen atoms in total. The van der Waals surface area contributed by atoms with E-state index in [-0.39, 0.29) is 18.3 Å². The van der Waals surface area contributed by atoms with Gasteiger partial charge >= 0.3 is 5.69 Å². The minimum Gasteiger partial charge on any atom is -0.348 e. The highest BCUT2D eigenvalue weighted by Crippen LogP contribution is 2.18. The van der Waals surface area contributed by atoms with Crippen LogP contribution < -0.4 is 16.6 Å². The second-order valence-electron chi connectivity index (χ2n) is 6.65. The maximum atomic E-state index is 13.0. The van der Waals surface area contributed by atoms with Crippen molar-refractivity contribution in [2.24, 2.45) is 0 Å². The molecule has 0 aliphatic heterocycles. The predicted molar refractivity (Wildman–Crippen MR) is 105 cm³/mol. The maximum absolute atomic E-state index is 13.0. The van der Waals surface area contributed by atoms with Gasteiger partial charge in [-0.25, -0.2) is 4.79 Å². The minimum absolute atomic E-state index is 0.0166. The number of para-hydroxylation sites is 1. The van der Waals surface area contributed by atoms with Crippen LogP contribution in [0.2, 0.25) is 5.02 Å². The summed E-state index contributed by atoms with van der Waals surface area (Å²) in [5.74, 6) is -0.572. The zero-order valence-electron chi connectivity index (χ0n) is 14.8. The molecule has 2 aromatic carbocycles. The monoisotopic (exact) mass is 396 g/mol. The van der Waals surface area contributed by atoms with Gasteiger partial charge in [0.15, 0.2) is 0 Å². The van der Waals surface area contributed by atoms with Gasteiger partial charge in [-0.2, -0.15) is 9.78 Å². The lowest BCUT2D eigenvalue weighted by atomic mass is 10.2. The quantitative estimate of drug-likeness (QED) is 0.714. The molecule has 1 aromatic heterocycles. The summed E-state index contributed by atoms with van der Waals surface area (Å²) in [4.78, 5) is 38.4. The van der Waals surface area contributed by atoms with Crippen molar-refractivity contribution < 1.29 is 4.79 Å². The summed E-state index contributed by atoms with van der Waals surface area (Å²) >= 11 is 6.02. The van der Waals surface area contributed by atoms with E-state index in [1.165, 1.54) is 0 Å². The lowest BCUT2D eigenvalue weighted by Crippen LogP contribution is -2.46. The van der Waals surface area contributed by atoms with E-state index in [4.69, 9.17) is 11.6 Å². The molecule has 0 bridgehead atoms. The third kappa shape index (κ3) is 3.75. The van der Waals surface area contributed by atoms with E-state index in [2.05, 4.69) is 10.4 Å². The van der Waals surface area contributed by atoms with Gasteiger partial charge in [0.05, 0.1) is 12.2 Å². The molecule has 1 saturated carbocycles. The van der Waals surface area contributed by atoms with Gasteiger partial charge in [-0.3, -0.25) is 14.2 Å². The molecule has 1 fully saturated rings. The Balaban J connectivity index is 1.86. The Morgan fingerprint density at radius 2 is 1.86 bits per heavy atom. The molecule has 3 aromatic rings. The Bertz CT molecular complexity index is 1150. The largest absolute Gasteiger partial charge is 0.352 e. The number of nitrogens with one attached hydrogen (secondary N) is 1. The first-order chi connectivity index (χ1) is 13.5. The Kier molecular flexibility index (Phi) is 4.83. The van der Waals surface area contributed by atoms with E-state index in [1.54, 1.807) is 54.6 Å². The summed E-state index contributed by atoms with van der Waals surface area (Å²) in [6.07, 6.45) is 1.75. The smallest absolute Gasteiger partial charge is 0.348 e. The first-order valence-electron chi connectivity index (χ1n) is 8.88. The summed E-state index contributed by atoms with van der Waals surface area (Å²) in [5, 5.41) is 7.33. The Labute approximate surface area is 165 Å². The number of hydrogen-bond donors (Lipinski definition) is 1. The predicted octanol–water partition coefficient (Wildman–Crippen LogP) is 1.99. The highest BCUT2D eigenvalue weighted by Gasteiger charge is 2.27. The summed E-state index contributed by atoms with van der Waals surface area (Å²) < 4.78 is 2.08. The fraction of sp³-hybridized carbons (Fsp3) is 0.200. The number of amides is 1. The number of benzene rings is 2. The molecule has 0 atom stereocenters. The summed E-state index contributed by atoms with van der Waals surface area (Å²) in [5.41, 5.74) is -0.522. The standard InChI is InChI=1S/C20H17ClN4O3/c21-14-6-4-5-13(11-14)12-24-19(27)17(18(26)22-15-9-10-15)23-25(20(24)28)16-7-2-1-3-8-16/h1-8,11,15H,9-10,12H2,(H,22,26). The van der Waals surface area contributed by atoms with Crippen LogP contribution in [0.3, 0.4) is 0 Å². The number of aromatic nitrogens is 3. The van der Waals surface area contributed by atoms with Crippen molar-refractivity contribution in [3.8, 4) is 5.69 Å². The average molecular weight is 397 g/mol. The van der Waals surface area contributed by atoms with Gasteiger partial charge in [0.25, 0.3) is 11.5 Å². The van der Waals surface area contributed by atoms with E-state index in [0.717, 1.165) is 22.1 Å². The molecule has 142 valence electrons. The van der Waals surface area contributed by atoms with Crippen molar-refractivity contribution in [1.29, 1.82) is 0 Å². The normalized spacial score (nSPS) is 13.3. The van der Waals surface area contributed by atoms with Crippen molar-refractivity contribution in [2.45, 2.75) is 25.4 Å². The van der Waals surface area contributed by atoms with Crippen LogP contribution >= 0.6 is 11.6 Å². The summed E-state index contributed by atoms with van der Waals surface area (Å²) in [6.45, 7) is -0.0166. The topological polar surface area (TPSA) is 86.0 Å². The fourth-order valence-corrected chi connectivity index (χ4v) is 3.05. The number of halogens is 1. The maximum Gasteiger partial charge on any atom is 0.352 e. The molecule has 1 aliphatic rings. The van der Waals surface area contributed by atoms with Crippen molar-refractivity contribution in [3.63, 3.8) is 0 Å². The molecule has 1 heterocycles. The van der Waals surface area contributed by atoms with E-state index < -0.39 is 17.2 Å². The molecule has 0 saturated heterocycles. The molecule has 0 unspecified atom stereocenters. The molecule has 0 radical (unpaired) electrons. The van der Waals surface area contributed by atoms with E-state index in [9.17, 15) is 14.4 Å². The van der Waals surface area contributed by atoms with Crippen molar-refractivity contribution >= 4 is 17.5 Å². The average Bonchev–Trinajstić information content (AvgIpc) is 3.50. The SMILES string of the molecule is O=C(NC1CC1)c1nn(-c2ccccc2)c(=O)n(Cc2cccc(Cl)c2)c1=O. The van der Waals surface area contributed by atoms with Gasteiger partial charge in [0, 0.05) is 11.1 Å². The molecule has 4 rings (SSSR count). The number of carbonyl (C=O) groups excluding carboxylic acids is 1. The van der Waals surface area contributed by atoms with Crippen LogP contribution in [-0.4, -0.2) is 26.3 Å². The summed E-state index contributed by atoms with van der Waals surface area (Å²) in [6, 6.07) is 15.6. The van der Waals surface area contributed by atoms with Gasteiger partial charge in [-0.05, 0) is 42.7 Å². The second-order valence-corrected chi connectivity index (χ2v) is 7.08. The third-order valence-corrected chi connectivity index (χ3v) is 4.65. The second kappa shape index (κ2) is 7.44. The van der Waals surface area contributed by atoms with Crippen molar-refractivity contribution in [1.82, 2.24) is 19.7 Å².